The zero-order valence-electron chi connectivity index (χ0n) is 10.8. The van der Waals surface area contributed by atoms with Crippen LogP contribution in [0.4, 0.5) is 0 Å². The van der Waals surface area contributed by atoms with Gasteiger partial charge in [-0.05, 0) is 6.92 Å². The number of ketones is 1. The number of Topliss-reactive ketones (excluding diaryl/α,β-unsaturated/α-hetero) is 1. The first kappa shape index (κ1) is 13.5. The van der Waals surface area contributed by atoms with E-state index in [2.05, 4.69) is 0 Å². The topological polar surface area (TPSA) is 101 Å². The number of amides is 1. The molecule has 7 heteroatoms. The van der Waals surface area contributed by atoms with Crippen LogP contribution in [0.15, 0.2) is 0 Å². The summed E-state index contributed by atoms with van der Waals surface area (Å²) in [5, 5.41) is 9.08. The lowest BCUT2D eigenvalue weighted by atomic mass is 9.82. The summed E-state index contributed by atoms with van der Waals surface area (Å²) in [6.45, 7) is 4.25. The number of hydrogen-bond donors (Lipinski definition) is 1. The maximum absolute atomic E-state index is 12.0. The molecule has 4 unspecified atom stereocenters. The highest BCUT2D eigenvalue weighted by Gasteiger charge is 2.65. The number of fused-ring (bicyclic) bond motifs is 1. The van der Waals surface area contributed by atoms with Crippen molar-refractivity contribution >= 4 is 23.6 Å². The van der Waals surface area contributed by atoms with Crippen molar-refractivity contribution in [1.29, 1.82) is 0 Å². The monoisotopic (exact) mass is 269 g/mol. The van der Waals surface area contributed by atoms with Crippen LogP contribution < -0.4 is 0 Å². The van der Waals surface area contributed by atoms with Crippen LogP contribution in [0, 0.1) is 11.8 Å². The first-order valence-electron chi connectivity index (χ1n) is 6.03. The van der Waals surface area contributed by atoms with Gasteiger partial charge in [-0.3, -0.25) is 14.4 Å². The number of aliphatic carboxylic acids is 1. The lowest BCUT2D eigenvalue weighted by Gasteiger charge is -2.45. The molecular formula is C12H15NO6. The fourth-order valence-corrected chi connectivity index (χ4v) is 2.95. The van der Waals surface area contributed by atoms with Gasteiger partial charge in [-0.15, -0.1) is 0 Å². The van der Waals surface area contributed by atoms with E-state index < -0.39 is 47.9 Å². The first-order chi connectivity index (χ1) is 8.77. The number of nitrogens with zero attached hydrogens (tertiary/aromatic N) is 1. The van der Waals surface area contributed by atoms with E-state index in [4.69, 9.17) is 9.84 Å². The number of carbonyl (C=O) groups is 4. The van der Waals surface area contributed by atoms with Crippen LogP contribution in [0.5, 0.6) is 0 Å². The zero-order chi connectivity index (χ0) is 14.5. The number of carbonyl (C=O) groups excluding carboxylic acids is 3. The Hall–Kier alpha value is -1.92. The lowest BCUT2D eigenvalue weighted by Crippen LogP contribution is -2.66. The standard InChI is InChI=1S/C12H15NO6/c1-4-8(12(17)18)13-9(10(4)15)7(11(13)16)5(2)19-6(3)14/h4-5,7-9H,1-3H3,(H,17,18)/t4?,5?,7?,8?,9-/m0/s1. The molecule has 0 aromatic rings. The normalized spacial score (nSPS) is 34.6. The summed E-state index contributed by atoms with van der Waals surface area (Å²) in [5.41, 5.74) is 0. The van der Waals surface area contributed by atoms with Crippen LogP contribution in [0.2, 0.25) is 0 Å². The first-order valence-corrected chi connectivity index (χ1v) is 6.03. The largest absolute Gasteiger partial charge is 0.480 e. The molecule has 1 N–H and O–H groups in total. The third-order valence-corrected chi connectivity index (χ3v) is 3.80. The van der Waals surface area contributed by atoms with Gasteiger partial charge in [0.15, 0.2) is 5.78 Å². The van der Waals surface area contributed by atoms with Gasteiger partial charge in [0.1, 0.15) is 24.1 Å². The molecule has 5 atom stereocenters. The molecule has 2 aliphatic rings. The van der Waals surface area contributed by atoms with Crippen LogP contribution in [-0.2, 0) is 23.9 Å². The molecule has 0 aromatic carbocycles. The van der Waals surface area contributed by atoms with Crippen molar-refractivity contribution in [3.8, 4) is 0 Å². The van der Waals surface area contributed by atoms with Crippen LogP contribution in [-0.4, -0.2) is 51.8 Å². The average Bonchev–Trinajstić information content (AvgIpc) is 2.49. The van der Waals surface area contributed by atoms with E-state index >= 15 is 0 Å². The van der Waals surface area contributed by atoms with Crippen LogP contribution in [0.25, 0.3) is 0 Å². The Labute approximate surface area is 109 Å². The minimum Gasteiger partial charge on any atom is -0.480 e. The van der Waals surface area contributed by atoms with E-state index in [9.17, 15) is 19.2 Å². The molecule has 2 aliphatic heterocycles. The molecule has 19 heavy (non-hydrogen) atoms. The smallest absolute Gasteiger partial charge is 0.327 e. The minimum atomic E-state index is -1.18. The Morgan fingerprint density at radius 3 is 2.42 bits per heavy atom. The van der Waals surface area contributed by atoms with Gasteiger partial charge in [-0.2, -0.15) is 0 Å². The Bertz CT molecular complexity index is 473. The average molecular weight is 269 g/mol. The summed E-state index contributed by atoms with van der Waals surface area (Å²) in [6.07, 6.45) is -0.727. The molecule has 2 fully saturated rings. The summed E-state index contributed by atoms with van der Waals surface area (Å²) in [7, 11) is 0. The van der Waals surface area contributed by atoms with Gasteiger partial charge in [-0.25, -0.2) is 4.79 Å². The SMILES string of the molecule is CC(=O)OC(C)C1C(=O)N2C(C(=O)O)C(C)C(=O)[C@H]12. The molecule has 0 bridgehead atoms. The van der Waals surface area contributed by atoms with Crippen molar-refractivity contribution < 1.29 is 29.0 Å². The maximum atomic E-state index is 12.0. The number of esters is 1. The molecular weight excluding hydrogens is 254 g/mol. The summed E-state index contributed by atoms with van der Waals surface area (Å²) < 4.78 is 4.93. The molecule has 7 nitrogen and oxygen atoms in total. The third-order valence-electron chi connectivity index (χ3n) is 3.80. The third kappa shape index (κ3) is 1.80. The van der Waals surface area contributed by atoms with Crippen molar-refractivity contribution in [3.05, 3.63) is 0 Å². The molecule has 0 saturated carbocycles. The van der Waals surface area contributed by atoms with Gasteiger partial charge >= 0.3 is 11.9 Å². The quantitative estimate of drug-likeness (QED) is 0.544. The van der Waals surface area contributed by atoms with Crippen molar-refractivity contribution in [1.82, 2.24) is 4.90 Å². The highest BCUT2D eigenvalue weighted by atomic mass is 16.5. The molecule has 0 spiro atoms. The van der Waals surface area contributed by atoms with Gasteiger partial charge in [0, 0.05) is 12.8 Å². The fourth-order valence-electron chi connectivity index (χ4n) is 2.95. The van der Waals surface area contributed by atoms with E-state index in [1.807, 2.05) is 0 Å². The van der Waals surface area contributed by atoms with Gasteiger partial charge in [0.05, 0.1) is 0 Å². The molecule has 1 amide bonds. The Kier molecular flexibility index (Phi) is 3.07. The highest BCUT2D eigenvalue weighted by Crippen LogP contribution is 2.42. The number of carboxylic acid groups (broad SMARTS) is 1. The number of carboxylic acids is 1. The molecule has 104 valence electrons. The maximum Gasteiger partial charge on any atom is 0.327 e. The van der Waals surface area contributed by atoms with Gasteiger partial charge < -0.3 is 14.7 Å². The van der Waals surface area contributed by atoms with Crippen molar-refractivity contribution in [2.45, 2.75) is 39.0 Å². The highest BCUT2D eigenvalue weighted by molar-refractivity contribution is 6.08. The van der Waals surface area contributed by atoms with Crippen molar-refractivity contribution in [2.75, 3.05) is 0 Å². The second-order valence-corrected chi connectivity index (χ2v) is 5.00. The minimum absolute atomic E-state index is 0.281. The van der Waals surface area contributed by atoms with Crippen LogP contribution >= 0.6 is 0 Å². The number of ether oxygens (including phenoxy) is 1. The summed E-state index contributed by atoms with van der Waals surface area (Å²) in [6, 6.07) is -1.89. The lowest BCUT2D eigenvalue weighted by molar-refractivity contribution is -0.177. The second-order valence-electron chi connectivity index (χ2n) is 5.00. The second kappa shape index (κ2) is 4.32. The van der Waals surface area contributed by atoms with Crippen molar-refractivity contribution in [2.24, 2.45) is 11.8 Å². The van der Waals surface area contributed by atoms with Crippen molar-refractivity contribution in [3.63, 3.8) is 0 Å². The number of hydrogen-bond acceptors (Lipinski definition) is 5. The zero-order valence-corrected chi connectivity index (χ0v) is 10.8. The number of rotatable bonds is 3. The molecule has 0 radical (unpaired) electrons. The van der Waals surface area contributed by atoms with E-state index in [1.54, 1.807) is 0 Å². The van der Waals surface area contributed by atoms with Gasteiger partial charge in [0.2, 0.25) is 5.91 Å². The Morgan fingerprint density at radius 2 is 1.95 bits per heavy atom. The Balaban J connectivity index is 2.22. The molecule has 2 heterocycles. The van der Waals surface area contributed by atoms with E-state index in [0.29, 0.717) is 0 Å². The predicted octanol–water partition coefficient (Wildman–Crippen LogP) is -0.563. The van der Waals surface area contributed by atoms with E-state index in [1.165, 1.54) is 20.8 Å². The number of β-lactam (4-membered cyclic amide) rings is 1. The van der Waals surface area contributed by atoms with Crippen LogP contribution in [0.3, 0.4) is 0 Å². The summed E-state index contributed by atoms with van der Waals surface area (Å²) in [5.74, 6) is -3.94. The fraction of sp³-hybridized carbons (Fsp3) is 0.667. The van der Waals surface area contributed by atoms with Gasteiger partial charge in [-0.1, -0.05) is 6.92 Å². The molecule has 2 rings (SSSR count). The predicted molar refractivity (Wildman–Crippen MR) is 60.9 cm³/mol. The Morgan fingerprint density at radius 1 is 1.37 bits per heavy atom. The van der Waals surface area contributed by atoms with Gasteiger partial charge in [0.25, 0.3) is 0 Å². The molecule has 0 aliphatic carbocycles. The summed E-state index contributed by atoms with van der Waals surface area (Å²) in [4.78, 5) is 47.1. The molecule has 2 saturated heterocycles. The molecule has 0 aromatic heterocycles. The summed E-state index contributed by atoms with van der Waals surface area (Å²) >= 11 is 0. The van der Waals surface area contributed by atoms with Crippen LogP contribution in [0.1, 0.15) is 20.8 Å². The van der Waals surface area contributed by atoms with E-state index in [-0.39, 0.29) is 5.78 Å². The van der Waals surface area contributed by atoms with E-state index in [0.717, 1.165) is 4.90 Å².